The van der Waals surface area contributed by atoms with Gasteiger partial charge in [0.05, 0.1) is 5.41 Å². The number of carbonyl (C=O) groups is 1. The molecule has 3 aliphatic rings. The average molecular weight is 331 g/mol. The van der Waals surface area contributed by atoms with Crippen molar-refractivity contribution in [1.82, 2.24) is 15.0 Å². The smallest absolute Gasteiger partial charge is 0.234 e. The standard InChI is InChI=1S/C19H29N3O2/c1-19(18-20-17(21-24-18)15-8-9-15)10-5-11-22(13-19)16(23)12-14-6-3-2-4-7-14/h14-15H,2-13H2,1H3/t19-/m1/s1. The van der Waals surface area contributed by atoms with Gasteiger partial charge >= 0.3 is 0 Å². The highest BCUT2D eigenvalue weighted by Crippen LogP contribution is 2.40. The molecule has 1 aromatic rings. The zero-order valence-corrected chi connectivity index (χ0v) is 14.8. The number of hydrogen-bond acceptors (Lipinski definition) is 4. The second kappa shape index (κ2) is 6.49. The number of nitrogens with zero attached hydrogens (tertiary/aromatic N) is 3. The van der Waals surface area contributed by atoms with Crippen LogP contribution in [0.3, 0.4) is 0 Å². The number of amides is 1. The van der Waals surface area contributed by atoms with E-state index in [0.29, 0.717) is 17.7 Å². The molecule has 5 nitrogen and oxygen atoms in total. The van der Waals surface area contributed by atoms with Crippen LogP contribution in [0.15, 0.2) is 4.52 Å². The van der Waals surface area contributed by atoms with E-state index in [4.69, 9.17) is 4.52 Å². The molecule has 24 heavy (non-hydrogen) atoms. The van der Waals surface area contributed by atoms with Gasteiger partial charge in [-0.3, -0.25) is 4.79 Å². The molecule has 0 unspecified atom stereocenters. The van der Waals surface area contributed by atoms with Gasteiger partial charge in [-0.2, -0.15) is 4.98 Å². The van der Waals surface area contributed by atoms with Crippen LogP contribution in [0.25, 0.3) is 0 Å². The van der Waals surface area contributed by atoms with Crippen LogP contribution in [0.4, 0.5) is 0 Å². The Morgan fingerprint density at radius 3 is 2.75 bits per heavy atom. The fourth-order valence-electron chi connectivity index (χ4n) is 4.38. The van der Waals surface area contributed by atoms with Gasteiger partial charge in [-0.25, -0.2) is 0 Å². The van der Waals surface area contributed by atoms with Crippen LogP contribution in [-0.4, -0.2) is 34.0 Å². The van der Waals surface area contributed by atoms with Crippen LogP contribution in [-0.2, 0) is 10.2 Å². The van der Waals surface area contributed by atoms with Gasteiger partial charge < -0.3 is 9.42 Å². The van der Waals surface area contributed by atoms with Gasteiger partial charge in [0, 0.05) is 25.4 Å². The summed E-state index contributed by atoms with van der Waals surface area (Å²) in [5.74, 6) is 3.05. The van der Waals surface area contributed by atoms with Crippen LogP contribution in [0.1, 0.15) is 88.8 Å². The lowest BCUT2D eigenvalue weighted by Gasteiger charge is -2.38. The van der Waals surface area contributed by atoms with Crippen molar-refractivity contribution < 1.29 is 9.32 Å². The lowest BCUT2D eigenvalue weighted by Crippen LogP contribution is -2.47. The van der Waals surface area contributed by atoms with Crippen molar-refractivity contribution in [3.05, 3.63) is 11.7 Å². The molecular formula is C19H29N3O2. The molecule has 2 aliphatic carbocycles. The summed E-state index contributed by atoms with van der Waals surface area (Å²) in [6.07, 6.45) is 11.5. The Morgan fingerprint density at radius 1 is 1.21 bits per heavy atom. The van der Waals surface area contributed by atoms with Gasteiger partial charge in [-0.1, -0.05) is 24.4 Å². The Bertz CT molecular complexity index is 589. The molecule has 0 bridgehead atoms. The topological polar surface area (TPSA) is 59.2 Å². The quantitative estimate of drug-likeness (QED) is 0.842. The first-order valence-electron chi connectivity index (χ1n) is 9.76. The minimum atomic E-state index is -0.180. The second-order valence-electron chi connectivity index (χ2n) is 8.42. The molecule has 132 valence electrons. The molecule has 1 atom stereocenters. The lowest BCUT2D eigenvalue weighted by atomic mass is 9.81. The Kier molecular flexibility index (Phi) is 4.35. The van der Waals surface area contributed by atoms with Crippen LogP contribution >= 0.6 is 0 Å². The third kappa shape index (κ3) is 3.35. The van der Waals surface area contributed by atoms with Crippen molar-refractivity contribution in [1.29, 1.82) is 0 Å². The normalized spacial score (nSPS) is 29.0. The minimum Gasteiger partial charge on any atom is -0.342 e. The number of carbonyl (C=O) groups excluding carboxylic acids is 1. The van der Waals surface area contributed by atoms with Crippen LogP contribution in [0.5, 0.6) is 0 Å². The molecule has 0 aromatic carbocycles. The molecule has 1 aromatic heterocycles. The molecule has 2 saturated carbocycles. The number of piperidine rings is 1. The number of rotatable bonds is 4. The molecule has 5 heteroatoms. The third-order valence-corrected chi connectivity index (χ3v) is 6.14. The summed E-state index contributed by atoms with van der Waals surface area (Å²) < 4.78 is 5.59. The first-order chi connectivity index (χ1) is 11.6. The molecule has 0 N–H and O–H groups in total. The van der Waals surface area contributed by atoms with Gasteiger partial charge in [0.15, 0.2) is 5.82 Å². The Balaban J connectivity index is 1.40. The summed E-state index contributed by atoms with van der Waals surface area (Å²) >= 11 is 0. The summed E-state index contributed by atoms with van der Waals surface area (Å²) in [7, 11) is 0. The molecule has 2 heterocycles. The van der Waals surface area contributed by atoms with E-state index >= 15 is 0 Å². The van der Waals surface area contributed by atoms with Gasteiger partial charge in [0.1, 0.15) is 0 Å². The average Bonchev–Trinajstić information content (AvgIpc) is 3.32. The van der Waals surface area contributed by atoms with Crippen LogP contribution < -0.4 is 0 Å². The molecule has 1 amide bonds. The second-order valence-corrected chi connectivity index (χ2v) is 8.42. The summed E-state index contributed by atoms with van der Waals surface area (Å²) in [5, 5.41) is 4.17. The van der Waals surface area contributed by atoms with Gasteiger partial charge in [-0.15, -0.1) is 0 Å². The van der Waals surface area contributed by atoms with E-state index in [-0.39, 0.29) is 5.41 Å². The van der Waals surface area contributed by atoms with Gasteiger partial charge in [-0.05, 0) is 51.4 Å². The maximum Gasteiger partial charge on any atom is 0.234 e. The van der Waals surface area contributed by atoms with E-state index in [9.17, 15) is 4.79 Å². The van der Waals surface area contributed by atoms with E-state index in [0.717, 1.165) is 44.1 Å². The highest BCUT2D eigenvalue weighted by molar-refractivity contribution is 5.76. The predicted molar refractivity (Wildman–Crippen MR) is 90.6 cm³/mol. The SMILES string of the molecule is C[C@@]1(c2nc(C3CC3)no2)CCCN(C(=O)CC2CCCCC2)C1. The molecular weight excluding hydrogens is 302 g/mol. The number of hydrogen-bond donors (Lipinski definition) is 0. The van der Waals surface area contributed by atoms with Crippen molar-refractivity contribution in [3.63, 3.8) is 0 Å². The monoisotopic (exact) mass is 331 g/mol. The van der Waals surface area contributed by atoms with Gasteiger partial charge in [0.2, 0.25) is 11.8 Å². The van der Waals surface area contributed by atoms with Crippen molar-refractivity contribution in [2.45, 2.75) is 82.5 Å². The zero-order valence-electron chi connectivity index (χ0n) is 14.8. The van der Waals surface area contributed by atoms with E-state index in [1.165, 1.54) is 44.9 Å². The predicted octanol–water partition coefficient (Wildman–Crippen LogP) is 3.80. The summed E-state index contributed by atoms with van der Waals surface area (Å²) in [5.41, 5.74) is -0.180. The van der Waals surface area contributed by atoms with Crippen molar-refractivity contribution in [3.8, 4) is 0 Å². The van der Waals surface area contributed by atoms with Crippen LogP contribution in [0.2, 0.25) is 0 Å². The lowest BCUT2D eigenvalue weighted by molar-refractivity contribution is -0.134. The summed E-state index contributed by atoms with van der Waals surface area (Å²) in [6, 6.07) is 0. The molecule has 0 radical (unpaired) electrons. The van der Waals surface area contributed by atoms with Crippen molar-refractivity contribution in [2.75, 3.05) is 13.1 Å². The third-order valence-electron chi connectivity index (χ3n) is 6.14. The van der Waals surface area contributed by atoms with E-state index in [1.54, 1.807) is 0 Å². The fraction of sp³-hybridized carbons (Fsp3) is 0.842. The summed E-state index contributed by atoms with van der Waals surface area (Å²) in [6.45, 7) is 3.78. The van der Waals surface area contributed by atoms with E-state index in [2.05, 4.69) is 22.0 Å². The van der Waals surface area contributed by atoms with Crippen LogP contribution in [0, 0.1) is 5.92 Å². The maximum absolute atomic E-state index is 12.8. The first kappa shape index (κ1) is 16.1. The molecule has 3 fully saturated rings. The molecule has 0 spiro atoms. The highest BCUT2D eigenvalue weighted by atomic mass is 16.5. The Hall–Kier alpha value is -1.39. The number of likely N-dealkylation sites (tertiary alicyclic amines) is 1. The van der Waals surface area contributed by atoms with Gasteiger partial charge in [0.25, 0.3) is 0 Å². The Labute approximate surface area is 144 Å². The Morgan fingerprint density at radius 2 is 2.00 bits per heavy atom. The van der Waals surface area contributed by atoms with Crippen molar-refractivity contribution in [2.24, 2.45) is 5.92 Å². The first-order valence-corrected chi connectivity index (χ1v) is 9.76. The maximum atomic E-state index is 12.8. The molecule has 1 aliphatic heterocycles. The molecule has 4 rings (SSSR count). The largest absolute Gasteiger partial charge is 0.342 e. The van der Waals surface area contributed by atoms with E-state index < -0.39 is 0 Å². The number of aromatic nitrogens is 2. The fourth-order valence-corrected chi connectivity index (χ4v) is 4.38. The molecule has 1 saturated heterocycles. The van der Waals surface area contributed by atoms with E-state index in [1.807, 2.05) is 0 Å². The highest BCUT2D eigenvalue weighted by Gasteiger charge is 2.40. The summed E-state index contributed by atoms with van der Waals surface area (Å²) in [4.78, 5) is 19.5. The van der Waals surface area contributed by atoms with Crippen molar-refractivity contribution >= 4 is 5.91 Å². The minimum absolute atomic E-state index is 0.180. The zero-order chi connectivity index (χ0) is 16.6.